The monoisotopic (exact) mass is 788 g/mol. The molecule has 2 aromatic carbocycles. The summed E-state index contributed by atoms with van der Waals surface area (Å²) in [5, 5.41) is 13.3. The zero-order valence-electron chi connectivity index (χ0n) is 31.9. The number of hydrogen-bond donors (Lipinski definition) is 7. The molecule has 0 saturated carbocycles. The average molecular weight is 789 g/mol. The standard InChI is InChI=1S/C40H52N8O7S/c1-24(2)19-34(48-17-15-29(41)40(48)55)39(54)46-32(16-18-56-3)37(52)45-31(13-14-35(42)50)36(51)47-33(21-26-22-43-30-12-8-7-11-28(26)30)38(53)44-27(23-49)20-25-9-5-4-6-10-25/h4-12,16,18,22-24,27,29,31-34,43H,13-15,17,19-21,41H2,1-3H3,(H2,42,50)(H,44,53)(H,45,52)(H,46,54)(H,47,51). The second-order valence-electron chi connectivity index (χ2n) is 14.3. The van der Waals surface area contributed by atoms with Crippen LogP contribution in [0, 0.1) is 5.92 Å². The molecule has 0 aliphatic carbocycles. The van der Waals surface area contributed by atoms with Crippen LogP contribution in [0.1, 0.15) is 50.7 Å². The summed E-state index contributed by atoms with van der Waals surface area (Å²) >= 11 is 1.27. The van der Waals surface area contributed by atoms with Crippen molar-refractivity contribution in [2.45, 2.75) is 88.6 Å². The summed E-state index contributed by atoms with van der Waals surface area (Å²) < 4.78 is 0. The van der Waals surface area contributed by atoms with Crippen molar-refractivity contribution in [3.63, 3.8) is 0 Å². The van der Waals surface area contributed by atoms with Crippen LogP contribution < -0.4 is 32.7 Å². The van der Waals surface area contributed by atoms with Crippen molar-refractivity contribution in [1.82, 2.24) is 31.2 Å². The van der Waals surface area contributed by atoms with Gasteiger partial charge in [0.15, 0.2) is 0 Å². The summed E-state index contributed by atoms with van der Waals surface area (Å²) in [6, 6.07) is 10.2. The molecule has 6 atom stereocenters. The summed E-state index contributed by atoms with van der Waals surface area (Å²) in [6.07, 6.45) is 6.01. The highest BCUT2D eigenvalue weighted by Gasteiger charge is 2.39. The number of aldehydes is 1. The minimum Gasteiger partial charge on any atom is -0.370 e. The molecule has 3 aromatic rings. The van der Waals surface area contributed by atoms with E-state index in [1.165, 1.54) is 22.7 Å². The second-order valence-corrected chi connectivity index (χ2v) is 15.0. The molecule has 56 heavy (non-hydrogen) atoms. The Morgan fingerprint density at radius 3 is 2.23 bits per heavy atom. The zero-order valence-corrected chi connectivity index (χ0v) is 32.7. The number of rotatable bonds is 21. The van der Waals surface area contributed by atoms with Crippen LogP contribution in [-0.4, -0.2) is 101 Å². The van der Waals surface area contributed by atoms with Gasteiger partial charge in [0, 0.05) is 36.5 Å². The van der Waals surface area contributed by atoms with Gasteiger partial charge in [0.25, 0.3) is 0 Å². The van der Waals surface area contributed by atoms with Gasteiger partial charge >= 0.3 is 0 Å². The molecule has 1 aliphatic heterocycles. The van der Waals surface area contributed by atoms with Gasteiger partial charge in [-0.05, 0) is 66.5 Å². The molecule has 0 radical (unpaired) electrons. The Morgan fingerprint density at radius 1 is 0.911 bits per heavy atom. The first-order chi connectivity index (χ1) is 26.8. The third kappa shape index (κ3) is 12.3. The van der Waals surface area contributed by atoms with E-state index >= 15 is 0 Å². The first-order valence-electron chi connectivity index (χ1n) is 18.6. The topological polar surface area (TPSA) is 239 Å². The van der Waals surface area contributed by atoms with E-state index in [2.05, 4.69) is 26.3 Å². The number of aromatic amines is 1. The number of fused-ring (bicyclic) bond motifs is 1. The van der Waals surface area contributed by atoms with Gasteiger partial charge in [0.1, 0.15) is 30.5 Å². The van der Waals surface area contributed by atoms with Gasteiger partial charge in [-0.25, -0.2) is 0 Å². The van der Waals surface area contributed by atoms with Gasteiger partial charge < -0.3 is 47.4 Å². The molecule has 300 valence electrons. The maximum Gasteiger partial charge on any atom is 0.247 e. The van der Waals surface area contributed by atoms with E-state index in [0.29, 0.717) is 31.2 Å². The SMILES string of the molecule is CSC=CC(NC(=O)C(CC(C)C)N1CCC(N)C1=O)C(=O)NC(CCC(N)=O)C(=O)NC(Cc1c[nH]c2ccccc12)C(=O)NC(C=O)Cc1ccccc1. The Labute approximate surface area is 330 Å². The molecule has 1 aromatic heterocycles. The maximum atomic E-state index is 14.1. The van der Waals surface area contributed by atoms with Crippen LogP contribution in [-0.2, 0) is 46.4 Å². The Balaban J connectivity index is 1.58. The highest BCUT2D eigenvalue weighted by Crippen LogP contribution is 2.21. The summed E-state index contributed by atoms with van der Waals surface area (Å²) in [6.45, 7) is 4.12. The minimum absolute atomic E-state index is 0.0141. The number of primary amides is 1. The fourth-order valence-electron chi connectivity index (χ4n) is 6.57. The molecule has 16 heteroatoms. The van der Waals surface area contributed by atoms with Crippen molar-refractivity contribution in [3.8, 4) is 0 Å². The lowest BCUT2D eigenvalue weighted by atomic mass is 10.0. The van der Waals surface area contributed by atoms with Gasteiger partial charge in [0.05, 0.1) is 12.1 Å². The number of nitrogens with one attached hydrogen (secondary N) is 5. The minimum atomic E-state index is -1.37. The van der Waals surface area contributed by atoms with Gasteiger partial charge in [-0.15, -0.1) is 11.8 Å². The predicted octanol–water partition coefficient (Wildman–Crippen LogP) is 1.21. The Hall–Kier alpha value is -5.48. The van der Waals surface area contributed by atoms with E-state index in [4.69, 9.17) is 11.5 Å². The summed E-state index contributed by atoms with van der Waals surface area (Å²) in [5.74, 6) is -3.82. The molecule has 0 spiro atoms. The average Bonchev–Trinajstić information content (AvgIpc) is 3.74. The van der Waals surface area contributed by atoms with Gasteiger partial charge in [-0.3, -0.25) is 28.8 Å². The van der Waals surface area contributed by atoms with E-state index in [-0.39, 0.29) is 37.5 Å². The molecule has 0 bridgehead atoms. The Bertz CT molecular complexity index is 1880. The summed E-state index contributed by atoms with van der Waals surface area (Å²) in [5.41, 5.74) is 13.7. The normalized spacial score (nSPS) is 16.9. The number of benzene rings is 2. The third-order valence-corrected chi connectivity index (χ3v) is 9.91. The lowest BCUT2D eigenvalue weighted by molar-refractivity contribution is -0.139. The molecule has 1 fully saturated rings. The summed E-state index contributed by atoms with van der Waals surface area (Å²) in [4.78, 5) is 97.1. The van der Waals surface area contributed by atoms with Crippen LogP contribution in [0.25, 0.3) is 10.9 Å². The maximum absolute atomic E-state index is 14.1. The highest BCUT2D eigenvalue weighted by atomic mass is 32.2. The number of likely N-dealkylation sites (tertiary alicyclic amines) is 1. The van der Waals surface area contributed by atoms with Gasteiger partial charge in [-0.1, -0.05) is 62.4 Å². The van der Waals surface area contributed by atoms with Crippen molar-refractivity contribution in [3.05, 3.63) is 83.4 Å². The first-order valence-corrected chi connectivity index (χ1v) is 19.9. The van der Waals surface area contributed by atoms with Gasteiger partial charge in [-0.2, -0.15) is 0 Å². The van der Waals surface area contributed by atoms with Crippen molar-refractivity contribution < 1.29 is 33.6 Å². The van der Waals surface area contributed by atoms with E-state index < -0.39 is 65.8 Å². The number of hydrogen-bond acceptors (Lipinski definition) is 9. The fraction of sp³-hybridized carbons (Fsp3) is 0.425. The number of carbonyl (C=O) groups is 7. The number of nitrogens with two attached hydrogens (primary N) is 2. The molecule has 15 nitrogen and oxygen atoms in total. The van der Waals surface area contributed by atoms with Crippen LogP contribution >= 0.6 is 11.8 Å². The van der Waals surface area contributed by atoms with Crippen LogP contribution in [0.3, 0.4) is 0 Å². The van der Waals surface area contributed by atoms with E-state index in [0.717, 1.165) is 16.5 Å². The molecule has 1 saturated heterocycles. The highest BCUT2D eigenvalue weighted by molar-refractivity contribution is 8.01. The fourth-order valence-corrected chi connectivity index (χ4v) is 6.88. The van der Waals surface area contributed by atoms with Crippen molar-refractivity contribution in [1.29, 1.82) is 0 Å². The number of carbonyl (C=O) groups excluding carboxylic acids is 7. The number of nitrogens with zero attached hydrogens (tertiary/aromatic N) is 1. The van der Waals surface area contributed by atoms with E-state index in [1.54, 1.807) is 17.9 Å². The number of aromatic nitrogens is 1. The Kier molecular flexibility index (Phi) is 16.2. The largest absolute Gasteiger partial charge is 0.370 e. The van der Waals surface area contributed by atoms with Crippen molar-refractivity contribution in [2.75, 3.05) is 12.8 Å². The van der Waals surface area contributed by atoms with Crippen LogP contribution in [0.4, 0.5) is 0 Å². The van der Waals surface area contributed by atoms with Crippen LogP contribution in [0.2, 0.25) is 0 Å². The molecule has 6 amide bonds. The van der Waals surface area contributed by atoms with Crippen molar-refractivity contribution >= 4 is 64.4 Å². The third-order valence-electron chi connectivity index (χ3n) is 9.48. The smallest absolute Gasteiger partial charge is 0.247 e. The Morgan fingerprint density at radius 2 is 1.59 bits per heavy atom. The number of thioether (sulfide) groups is 1. The molecule has 1 aliphatic rings. The zero-order chi connectivity index (χ0) is 40.8. The second kappa shape index (κ2) is 21.0. The van der Waals surface area contributed by atoms with Crippen LogP contribution in [0.15, 0.2) is 72.3 Å². The molecular formula is C40H52N8O7S. The number of para-hydroxylation sites is 1. The lowest BCUT2D eigenvalue weighted by Crippen LogP contribution is -2.59. The van der Waals surface area contributed by atoms with Crippen molar-refractivity contribution in [2.24, 2.45) is 17.4 Å². The molecule has 4 rings (SSSR count). The molecule has 9 N–H and O–H groups in total. The number of H-pyrrole nitrogens is 1. The number of amides is 6. The molecular weight excluding hydrogens is 737 g/mol. The lowest BCUT2D eigenvalue weighted by Gasteiger charge is -2.30. The van der Waals surface area contributed by atoms with E-state index in [9.17, 15) is 33.6 Å². The summed E-state index contributed by atoms with van der Waals surface area (Å²) in [7, 11) is 0. The molecule has 6 unspecified atom stereocenters. The van der Waals surface area contributed by atoms with Crippen LogP contribution in [0.5, 0.6) is 0 Å². The van der Waals surface area contributed by atoms with E-state index in [1.807, 2.05) is 68.4 Å². The quantitative estimate of drug-likeness (QED) is 0.0767. The van der Waals surface area contributed by atoms with Gasteiger partial charge in [0.2, 0.25) is 35.4 Å². The first kappa shape index (κ1) is 43.3. The predicted molar refractivity (Wildman–Crippen MR) is 215 cm³/mol. The molecule has 2 heterocycles.